The van der Waals surface area contributed by atoms with Crippen LogP contribution < -0.4 is 29.3 Å². The number of benzene rings is 2. The Balaban J connectivity index is 1.88. The van der Waals surface area contributed by atoms with Crippen LogP contribution in [0.1, 0.15) is 31.0 Å². The molecular formula is C28H28IN3O7S. The summed E-state index contributed by atoms with van der Waals surface area (Å²) in [6.45, 7) is 3.16. The summed E-state index contributed by atoms with van der Waals surface area (Å²) in [5.41, 5.74) is 2.89. The van der Waals surface area contributed by atoms with Crippen LogP contribution in [-0.4, -0.2) is 56.0 Å². The minimum absolute atomic E-state index is 0.193. The summed E-state index contributed by atoms with van der Waals surface area (Å²) in [5.74, 6) is -0.978. The van der Waals surface area contributed by atoms with Crippen LogP contribution >= 0.6 is 33.9 Å². The first-order valence-corrected chi connectivity index (χ1v) is 14.1. The van der Waals surface area contributed by atoms with Crippen molar-refractivity contribution >= 4 is 57.6 Å². The van der Waals surface area contributed by atoms with Crippen molar-refractivity contribution < 1.29 is 28.9 Å². The summed E-state index contributed by atoms with van der Waals surface area (Å²) in [6, 6.07) is 10.4. The number of allylic oxidation sites excluding steroid dienone is 1. The number of esters is 1. The number of carboxylic acid groups (broad SMARTS) is 1. The lowest BCUT2D eigenvalue weighted by atomic mass is 9.95. The fourth-order valence-corrected chi connectivity index (χ4v) is 6.14. The molecule has 1 atom stereocenters. The van der Waals surface area contributed by atoms with Gasteiger partial charge < -0.3 is 24.2 Å². The van der Waals surface area contributed by atoms with Gasteiger partial charge in [0.15, 0.2) is 22.9 Å². The van der Waals surface area contributed by atoms with Crippen LogP contribution in [0, 0.1) is 3.57 Å². The van der Waals surface area contributed by atoms with Crippen molar-refractivity contribution in [3.8, 4) is 11.5 Å². The van der Waals surface area contributed by atoms with Crippen LogP contribution in [-0.2, 0) is 14.3 Å². The molecular weight excluding hydrogens is 649 g/mol. The Labute approximate surface area is 248 Å². The number of hydrogen-bond donors (Lipinski definition) is 1. The van der Waals surface area contributed by atoms with Crippen molar-refractivity contribution in [3.63, 3.8) is 0 Å². The van der Waals surface area contributed by atoms with Gasteiger partial charge in [0.05, 0.1) is 39.1 Å². The Morgan fingerprint density at radius 3 is 2.52 bits per heavy atom. The number of carbonyl (C=O) groups is 2. The van der Waals surface area contributed by atoms with Gasteiger partial charge in [0.2, 0.25) is 0 Å². The summed E-state index contributed by atoms with van der Waals surface area (Å²) in [7, 11) is 5.33. The number of carboxylic acids is 1. The highest BCUT2D eigenvalue weighted by Crippen LogP contribution is 2.34. The Bertz CT molecular complexity index is 1670. The molecule has 4 rings (SSSR count). The number of carbonyl (C=O) groups excluding carboxylic acids is 1. The van der Waals surface area contributed by atoms with Crippen LogP contribution in [0.3, 0.4) is 0 Å². The van der Waals surface area contributed by atoms with Gasteiger partial charge >= 0.3 is 11.9 Å². The van der Waals surface area contributed by atoms with Crippen LogP contribution in [0.5, 0.6) is 11.5 Å². The molecule has 0 aliphatic carbocycles. The smallest absolute Gasteiger partial charge is 0.341 e. The molecule has 0 radical (unpaired) electrons. The fraction of sp³-hybridized carbons (Fsp3) is 0.286. The second-order valence-electron chi connectivity index (χ2n) is 9.00. The van der Waals surface area contributed by atoms with E-state index in [4.69, 9.17) is 19.3 Å². The molecule has 0 bridgehead atoms. The molecule has 40 heavy (non-hydrogen) atoms. The number of aromatic nitrogens is 1. The third-order valence-corrected chi connectivity index (χ3v) is 7.92. The first-order valence-electron chi connectivity index (χ1n) is 12.2. The zero-order valence-corrected chi connectivity index (χ0v) is 25.5. The third kappa shape index (κ3) is 5.92. The number of fused-ring (bicyclic) bond motifs is 1. The van der Waals surface area contributed by atoms with E-state index in [1.165, 1.54) is 23.0 Å². The Morgan fingerprint density at radius 1 is 1.23 bits per heavy atom. The lowest BCUT2D eigenvalue weighted by molar-refractivity contribution is -0.140. The molecule has 0 saturated heterocycles. The van der Waals surface area contributed by atoms with Crippen molar-refractivity contribution in [1.29, 1.82) is 0 Å². The van der Waals surface area contributed by atoms with E-state index in [1.54, 1.807) is 32.1 Å². The standard InChI is InChI=1S/C28H28IN3O7S/c1-6-38-27(36)23-15(2)30-28-32(24(23)17-7-9-18(10-8-17)31(3)4)26(35)21(40-28)13-16-11-19(29)25(20(12-16)37-5)39-14-22(33)34/h7-13,24H,6,14H2,1-5H3,(H,33,34)/b21-13-/t24-/m1/s1. The number of methoxy groups -OCH3 is 1. The molecule has 10 nitrogen and oxygen atoms in total. The van der Waals surface area contributed by atoms with E-state index < -0.39 is 24.6 Å². The molecule has 210 valence electrons. The molecule has 1 aromatic heterocycles. The summed E-state index contributed by atoms with van der Waals surface area (Å²) in [5, 5.41) is 8.98. The molecule has 0 fully saturated rings. The maximum Gasteiger partial charge on any atom is 0.341 e. The zero-order valence-electron chi connectivity index (χ0n) is 22.6. The quantitative estimate of drug-likeness (QED) is 0.272. The van der Waals surface area contributed by atoms with E-state index in [0.717, 1.165) is 11.3 Å². The SMILES string of the molecule is CCOC(=O)C1=C(C)N=c2s/c(=C\c3cc(I)c(OCC(=O)O)c(OC)c3)c(=O)n2[C@@H]1c1ccc(N(C)C)cc1. The van der Waals surface area contributed by atoms with Gasteiger partial charge in [-0.15, -0.1) is 0 Å². The van der Waals surface area contributed by atoms with Crippen LogP contribution in [0.4, 0.5) is 5.69 Å². The van der Waals surface area contributed by atoms with Gasteiger partial charge in [-0.3, -0.25) is 9.36 Å². The van der Waals surface area contributed by atoms with Crippen LogP contribution in [0.2, 0.25) is 0 Å². The molecule has 12 heteroatoms. The highest BCUT2D eigenvalue weighted by molar-refractivity contribution is 14.1. The van der Waals surface area contributed by atoms with Crippen molar-refractivity contribution in [2.75, 3.05) is 39.3 Å². The van der Waals surface area contributed by atoms with Gasteiger partial charge in [-0.2, -0.15) is 0 Å². The average Bonchev–Trinajstić information content (AvgIpc) is 3.20. The van der Waals surface area contributed by atoms with E-state index in [9.17, 15) is 14.4 Å². The summed E-state index contributed by atoms with van der Waals surface area (Å²) in [4.78, 5) is 45.0. The molecule has 1 aliphatic heterocycles. The molecule has 1 N–H and O–H groups in total. The largest absolute Gasteiger partial charge is 0.493 e. The number of nitrogens with zero attached hydrogens (tertiary/aromatic N) is 3. The number of aliphatic carboxylic acids is 1. The van der Waals surface area contributed by atoms with Crippen LogP contribution in [0.15, 0.2) is 57.5 Å². The molecule has 0 spiro atoms. The van der Waals surface area contributed by atoms with Crippen molar-refractivity contribution in [3.05, 3.63) is 82.1 Å². The molecule has 0 amide bonds. The van der Waals surface area contributed by atoms with Gasteiger partial charge in [-0.05, 0) is 77.9 Å². The van der Waals surface area contributed by atoms with Crippen molar-refractivity contribution in [2.24, 2.45) is 4.99 Å². The zero-order chi connectivity index (χ0) is 29.1. The predicted molar refractivity (Wildman–Crippen MR) is 160 cm³/mol. The molecule has 2 aromatic carbocycles. The Hall–Kier alpha value is -3.65. The monoisotopic (exact) mass is 677 g/mol. The maximum atomic E-state index is 13.9. The van der Waals surface area contributed by atoms with Gasteiger partial charge in [0, 0.05) is 19.8 Å². The third-order valence-electron chi connectivity index (χ3n) is 6.13. The van der Waals surface area contributed by atoms with E-state index >= 15 is 0 Å². The second kappa shape index (κ2) is 12.3. The minimum atomic E-state index is -1.11. The number of ether oxygens (including phenoxy) is 3. The first-order chi connectivity index (χ1) is 19.0. The minimum Gasteiger partial charge on any atom is -0.493 e. The van der Waals surface area contributed by atoms with E-state index in [2.05, 4.69) is 4.99 Å². The van der Waals surface area contributed by atoms with Gasteiger partial charge in [0.25, 0.3) is 5.56 Å². The molecule has 2 heterocycles. The molecule has 0 unspecified atom stereocenters. The maximum absolute atomic E-state index is 13.9. The predicted octanol–water partition coefficient (Wildman–Crippen LogP) is 2.94. The van der Waals surface area contributed by atoms with Gasteiger partial charge in [-0.25, -0.2) is 14.6 Å². The van der Waals surface area contributed by atoms with Gasteiger partial charge in [0.1, 0.15) is 0 Å². The topological polar surface area (TPSA) is 120 Å². The summed E-state index contributed by atoms with van der Waals surface area (Å²) < 4.78 is 18.7. The number of hydrogen-bond acceptors (Lipinski definition) is 9. The molecule has 1 aliphatic rings. The van der Waals surface area contributed by atoms with Gasteiger partial charge in [-0.1, -0.05) is 23.5 Å². The second-order valence-corrected chi connectivity index (χ2v) is 11.2. The Morgan fingerprint density at radius 2 is 1.93 bits per heavy atom. The molecule has 0 saturated carbocycles. The van der Waals surface area contributed by atoms with Crippen molar-refractivity contribution in [1.82, 2.24) is 4.57 Å². The lowest BCUT2D eigenvalue weighted by Gasteiger charge is -2.25. The normalized spacial score (nSPS) is 14.8. The summed E-state index contributed by atoms with van der Waals surface area (Å²) in [6.07, 6.45) is 1.71. The molecule has 3 aromatic rings. The van der Waals surface area contributed by atoms with E-state index in [-0.39, 0.29) is 12.2 Å². The highest BCUT2D eigenvalue weighted by atomic mass is 127. The first kappa shape index (κ1) is 29.3. The number of rotatable bonds is 9. The Kier molecular flexibility index (Phi) is 8.98. The lowest BCUT2D eigenvalue weighted by Crippen LogP contribution is -2.39. The highest BCUT2D eigenvalue weighted by Gasteiger charge is 2.33. The summed E-state index contributed by atoms with van der Waals surface area (Å²) >= 11 is 3.24. The number of halogens is 1. The van der Waals surface area contributed by atoms with E-state index in [1.807, 2.05) is 65.9 Å². The number of thiazole rings is 1. The van der Waals surface area contributed by atoms with E-state index in [0.29, 0.717) is 41.2 Å². The average molecular weight is 678 g/mol. The number of anilines is 1. The fourth-order valence-electron chi connectivity index (χ4n) is 4.31. The van der Waals surface area contributed by atoms with Crippen molar-refractivity contribution in [2.45, 2.75) is 19.9 Å². The van der Waals surface area contributed by atoms with Crippen LogP contribution in [0.25, 0.3) is 6.08 Å².